The molecule has 63 heavy (non-hydrogen) atoms. The van der Waals surface area contributed by atoms with Gasteiger partial charge < -0.3 is 4.42 Å². The monoisotopic (exact) mass is 804 g/mol. The minimum absolute atomic E-state index is 0.302. The average molecular weight is 805 g/mol. The second kappa shape index (κ2) is 14.8. The lowest BCUT2D eigenvalue weighted by atomic mass is 9.74. The van der Waals surface area contributed by atoms with Crippen LogP contribution in [0, 0.1) is 0 Å². The molecule has 0 spiro atoms. The second-order valence-electron chi connectivity index (χ2n) is 16.6. The van der Waals surface area contributed by atoms with Gasteiger partial charge >= 0.3 is 0 Å². The summed E-state index contributed by atoms with van der Waals surface area (Å²) in [6.07, 6.45) is 0. The predicted octanol–water partition coefficient (Wildman–Crippen LogP) is 15.7. The molecule has 11 aromatic rings. The number of fused-ring (bicyclic) bond motifs is 6. The van der Waals surface area contributed by atoms with Gasteiger partial charge in [0.25, 0.3) is 0 Å². The highest BCUT2D eigenvalue weighted by Gasteiger charge is 2.41. The molecule has 1 unspecified atom stereocenters. The standard InChI is InChI=1S/C60H40N2O/c1-60(46-21-9-4-10-22-46)52-28-13-11-24-51(52)57-47(25-16-29-53(57)60)44-35-43(39-17-5-2-6-18-39)36-45(37-44)55-38-54(61-59(62-55)42-19-7-3-8-20-42)41-33-31-40(32-34-41)48-26-15-27-50-49-23-12-14-30-56(49)63-58(48)50/h2-38H,1H3. The van der Waals surface area contributed by atoms with Crippen LogP contribution in [0.15, 0.2) is 229 Å². The Morgan fingerprint density at radius 2 is 0.921 bits per heavy atom. The number of para-hydroxylation sites is 2. The van der Waals surface area contributed by atoms with Gasteiger partial charge in [0.05, 0.1) is 11.4 Å². The molecule has 3 nitrogen and oxygen atoms in total. The van der Waals surface area contributed by atoms with E-state index in [4.69, 9.17) is 14.4 Å². The molecule has 12 rings (SSSR count). The Bertz CT molecular complexity index is 3500. The van der Waals surface area contributed by atoms with Gasteiger partial charge in [0.2, 0.25) is 0 Å². The quantitative estimate of drug-likeness (QED) is 0.161. The first kappa shape index (κ1) is 36.7. The molecular formula is C60H40N2O. The van der Waals surface area contributed by atoms with Crippen molar-refractivity contribution in [3.63, 3.8) is 0 Å². The lowest BCUT2D eigenvalue weighted by Gasteiger charge is -2.28. The zero-order valence-electron chi connectivity index (χ0n) is 34.7. The molecule has 9 aromatic carbocycles. The minimum atomic E-state index is -0.302. The van der Waals surface area contributed by atoms with Crippen molar-refractivity contribution in [2.75, 3.05) is 0 Å². The Labute approximate surface area is 366 Å². The summed E-state index contributed by atoms with van der Waals surface area (Å²) in [6, 6.07) is 80.0. The number of benzene rings is 9. The molecule has 2 heterocycles. The van der Waals surface area contributed by atoms with Crippen molar-refractivity contribution in [3.05, 3.63) is 241 Å². The molecule has 0 saturated carbocycles. The van der Waals surface area contributed by atoms with Crippen molar-refractivity contribution in [2.24, 2.45) is 0 Å². The molecule has 0 aliphatic heterocycles. The van der Waals surface area contributed by atoms with Crippen LogP contribution in [0.1, 0.15) is 23.6 Å². The van der Waals surface area contributed by atoms with Gasteiger partial charge in [0.15, 0.2) is 5.82 Å². The first-order valence-corrected chi connectivity index (χ1v) is 21.6. The molecule has 0 N–H and O–H groups in total. The van der Waals surface area contributed by atoms with E-state index in [1.165, 1.54) is 33.4 Å². The molecule has 1 atom stereocenters. The van der Waals surface area contributed by atoms with Crippen LogP contribution in [-0.2, 0) is 5.41 Å². The van der Waals surface area contributed by atoms with E-state index in [9.17, 15) is 0 Å². The molecule has 0 bridgehead atoms. The summed E-state index contributed by atoms with van der Waals surface area (Å²) in [5, 5.41) is 2.24. The maximum atomic E-state index is 6.42. The van der Waals surface area contributed by atoms with Gasteiger partial charge in [0.1, 0.15) is 11.2 Å². The maximum Gasteiger partial charge on any atom is 0.160 e. The number of nitrogens with zero attached hydrogens (tertiary/aromatic N) is 2. The summed E-state index contributed by atoms with van der Waals surface area (Å²) in [5.74, 6) is 0.680. The van der Waals surface area contributed by atoms with Crippen LogP contribution in [0.5, 0.6) is 0 Å². The second-order valence-corrected chi connectivity index (χ2v) is 16.6. The van der Waals surface area contributed by atoms with Crippen molar-refractivity contribution in [2.45, 2.75) is 12.3 Å². The third-order valence-corrected chi connectivity index (χ3v) is 13.0. The third kappa shape index (κ3) is 6.12. The zero-order chi connectivity index (χ0) is 41.9. The number of furan rings is 1. The van der Waals surface area contributed by atoms with Crippen LogP contribution >= 0.6 is 0 Å². The topological polar surface area (TPSA) is 38.9 Å². The largest absolute Gasteiger partial charge is 0.455 e. The summed E-state index contributed by atoms with van der Waals surface area (Å²) in [6.45, 7) is 2.38. The van der Waals surface area contributed by atoms with Crippen LogP contribution in [0.25, 0.3) is 100 Å². The van der Waals surface area contributed by atoms with E-state index in [-0.39, 0.29) is 5.41 Å². The van der Waals surface area contributed by atoms with E-state index in [0.29, 0.717) is 5.82 Å². The highest BCUT2D eigenvalue weighted by molar-refractivity contribution is 6.09. The van der Waals surface area contributed by atoms with Crippen LogP contribution < -0.4 is 0 Å². The fraction of sp³-hybridized carbons (Fsp3) is 0.0333. The Morgan fingerprint density at radius 3 is 1.71 bits per heavy atom. The lowest BCUT2D eigenvalue weighted by molar-refractivity contribution is 0.670. The smallest absolute Gasteiger partial charge is 0.160 e. The highest BCUT2D eigenvalue weighted by atomic mass is 16.3. The van der Waals surface area contributed by atoms with Crippen molar-refractivity contribution in [1.29, 1.82) is 0 Å². The molecule has 0 amide bonds. The summed E-state index contributed by atoms with van der Waals surface area (Å²) >= 11 is 0. The van der Waals surface area contributed by atoms with Gasteiger partial charge in [-0.15, -0.1) is 0 Å². The van der Waals surface area contributed by atoms with Crippen LogP contribution in [0.2, 0.25) is 0 Å². The summed E-state index contributed by atoms with van der Waals surface area (Å²) in [7, 11) is 0. The first-order chi connectivity index (χ1) is 31.1. The minimum Gasteiger partial charge on any atom is -0.455 e. The number of hydrogen-bond acceptors (Lipinski definition) is 3. The van der Waals surface area contributed by atoms with E-state index < -0.39 is 0 Å². The molecule has 0 radical (unpaired) electrons. The molecule has 296 valence electrons. The highest BCUT2D eigenvalue weighted by Crippen LogP contribution is 2.55. The van der Waals surface area contributed by atoms with Crippen LogP contribution in [0.3, 0.4) is 0 Å². The van der Waals surface area contributed by atoms with E-state index in [1.807, 2.05) is 30.3 Å². The summed E-state index contributed by atoms with van der Waals surface area (Å²) in [4.78, 5) is 10.6. The summed E-state index contributed by atoms with van der Waals surface area (Å²) in [5.41, 5.74) is 19.4. The average Bonchev–Trinajstić information content (AvgIpc) is 3.88. The van der Waals surface area contributed by atoms with E-state index in [1.54, 1.807) is 0 Å². The molecule has 1 aliphatic carbocycles. The van der Waals surface area contributed by atoms with Gasteiger partial charge in [-0.25, -0.2) is 9.97 Å². The van der Waals surface area contributed by atoms with Crippen molar-refractivity contribution in [1.82, 2.24) is 9.97 Å². The zero-order valence-corrected chi connectivity index (χ0v) is 34.7. The Balaban J connectivity index is 1.03. The maximum absolute atomic E-state index is 6.42. The Morgan fingerprint density at radius 1 is 0.365 bits per heavy atom. The molecule has 2 aromatic heterocycles. The lowest BCUT2D eigenvalue weighted by Crippen LogP contribution is -2.22. The fourth-order valence-electron chi connectivity index (χ4n) is 9.85. The Kier molecular flexibility index (Phi) is 8.62. The van der Waals surface area contributed by atoms with Gasteiger partial charge in [-0.1, -0.05) is 194 Å². The fourth-order valence-corrected chi connectivity index (χ4v) is 9.85. The molecule has 0 saturated heterocycles. The van der Waals surface area contributed by atoms with Crippen LogP contribution in [-0.4, -0.2) is 9.97 Å². The first-order valence-electron chi connectivity index (χ1n) is 21.6. The molecule has 3 heteroatoms. The van der Waals surface area contributed by atoms with Gasteiger partial charge in [0, 0.05) is 38.4 Å². The predicted molar refractivity (Wildman–Crippen MR) is 259 cm³/mol. The van der Waals surface area contributed by atoms with Gasteiger partial charge in [-0.3, -0.25) is 0 Å². The Hall–Kier alpha value is -8.14. The number of aromatic nitrogens is 2. The van der Waals surface area contributed by atoms with Crippen molar-refractivity contribution >= 4 is 21.9 Å². The third-order valence-electron chi connectivity index (χ3n) is 13.0. The molecule has 1 aliphatic rings. The van der Waals surface area contributed by atoms with Crippen LogP contribution in [0.4, 0.5) is 0 Å². The molecule has 0 fully saturated rings. The number of hydrogen-bond donors (Lipinski definition) is 0. The van der Waals surface area contributed by atoms with Gasteiger partial charge in [-0.2, -0.15) is 0 Å². The molecular weight excluding hydrogens is 765 g/mol. The van der Waals surface area contributed by atoms with E-state index in [2.05, 4.69) is 201 Å². The van der Waals surface area contributed by atoms with E-state index >= 15 is 0 Å². The van der Waals surface area contributed by atoms with Crippen molar-refractivity contribution < 1.29 is 4.42 Å². The van der Waals surface area contributed by atoms with Crippen molar-refractivity contribution in [3.8, 4) is 78.4 Å². The van der Waals surface area contributed by atoms with E-state index in [0.717, 1.165) is 77.8 Å². The SMILES string of the molecule is CC1(c2ccccc2)c2ccccc2-c2c(-c3cc(-c4ccccc4)cc(-c4cc(-c5ccc(-c6cccc7c6oc6ccccc67)cc5)nc(-c5ccccc5)n4)c3)cccc21. The number of rotatable bonds is 7. The summed E-state index contributed by atoms with van der Waals surface area (Å²) < 4.78 is 6.42. The normalized spacial score (nSPS) is 14.2. The van der Waals surface area contributed by atoms with Gasteiger partial charge in [-0.05, 0) is 92.9 Å².